The average Bonchev–Trinajstić information content (AvgIpc) is 3.71. The Balaban J connectivity index is 0.00000562. The number of hydrogen-bond acceptors (Lipinski definition) is 9. The highest BCUT2D eigenvalue weighted by Crippen LogP contribution is 2.29. The molecule has 1 aromatic heterocycles. The van der Waals surface area contributed by atoms with Crippen LogP contribution in [0.2, 0.25) is 0 Å². The third-order valence-electron chi connectivity index (χ3n) is 9.08. The second kappa shape index (κ2) is 16.8. The van der Waals surface area contributed by atoms with Crippen molar-refractivity contribution >= 4 is 53.1 Å². The van der Waals surface area contributed by atoms with Gasteiger partial charge in [0.05, 0.1) is 34.8 Å². The molecule has 12 nitrogen and oxygen atoms in total. The second-order valence-corrected chi connectivity index (χ2v) is 14.7. The second-order valence-electron chi connectivity index (χ2n) is 13.8. The van der Waals surface area contributed by atoms with Gasteiger partial charge in [0.25, 0.3) is 5.91 Å². The molecule has 2 fully saturated rings. The van der Waals surface area contributed by atoms with Crippen molar-refractivity contribution in [3.05, 3.63) is 70.9 Å². The summed E-state index contributed by atoms with van der Waals surface area (Å²) in [5, 5.41) is 22.3. The van der Waals surface area contributed by atoms with Gasteiger partial charge in [-0.05, 0) is 54.7 Å². The summed E-state index contributed by atoms with van der Waals surface area (Å²) in [7, 11) is 0. The quantitative estimate of drug-likeness (QED) is 0.214. The first-order valence-corrected chi connectivity index (χ1v) is 17.6. The number of thiazole rings is 1. The van der Waals surface area contributed by atoms with Gasteiger partial charge in [0.15, 0.2) is 0 Å². The number of rotatable bonds is 10. The number of aromatic nitrogens is 1. The number of β-amino-alcohol motifs (C(OH)–C–C–N with tert-alkyl or cyclic N) is 1. The number of hydrogen-bond donors (Lipinski definition) is 5. The molecule has 3 heterocycles. The minimum atomic E-state index is -1.00. The summed E-state index contributed by atoms with van der Waals surface area (Å²) >= 11 is 1.57. The minimum Gasteiger partial charge on any atom is -0.391 e. The number of nitrogens with zero attached hydrogens (tertiary/aromatic N) is 3. The Morgan fingerprint density at radius 1 is 1.02 bits per heavy atom. The Morgan fingerprint density at radius 3 is 2.28 bits per heavy atom. The summed E-state index contributed by atoms with van der Waals surface area (Å²) in [5.41, 5.74) is 5.46. The molecule has 3 aromatic rings. The van der Waals surface area contributed by atoms with Crippen molar-refractivity contribution < 1.29 is 24.3 Å². The Labute approximate surface area is 303 Å². The molecule has 4 atom stereocenters. The Kier molecular flexibility index (Phi) is 13.0. The first kappa shape index (κ1) is 38.8. The van der Waals surface area contributed by atoms with Gasteiger partial charge in [-0.1, -0.05) is 45.0 Å². The SMILES string of the molecule is Cc1ncsc1-c1ccc([C@H](C)NC(=O)[C@@H]2C[C@@H](O)CN2C(=O)[C@@H](NC(=O)CNC(=O)c2ccc(N3CCNCC3)cc2)C(C)(C)C)cc1.Cl. The van der Waals surface area contributed by atoms with Gasteiger partial charge in [-0.15, -0.1) is 23.7 Å². The van der Waals surface area contributed by atoms with Crippen molar-refractivity contribution in [1.29, 1.82) is 0 Å². The summed E-state index contributed by atoms with van der Waals surface area (Å²) in [4.78, 5) is 62.4. The number of anilines is 1. The van der Waals surface area contributed by atoms with Gasteiger partial charge in [0.2, 0.25) is 17.7 Å². The van der Waals surface area contributed by atoms with Crippen LogP contribution in [0.3, 0.4) is 0 Å². The third-order valence-corrected chi connectivity index (χ3v) is 10.1. The number of carbonyl (C=O) groups is 4. The minimum absolute atomic E-state index is 0. The molecule has 5 rings (SSSR count). The maximum atomic E-state index is 14.0. The van der Waals surface area contributed by atoms with Crippen LogP contribution in [-0.2, 0) is 14.4 Å². The van der Waals surface area contributed by atoms with Crippen molar-refractivity contribution in [2.75, 3.05) is 44.2 Å². The zero-order valence-corrected chi connectivity index (χ0v) is 30.8. The Bertz CT molecular complexity index is 1640. The van der Waals surface area contributed by atoms with Gasteiger partial charge in [0, 0.05) is 50.4 Å². The molecule has 50 heavy (non-hydrogen) atoms. The smallest absolute Gasteiger partial charge is 0.251 e. The van der Waals surface area contributed by atoms with Gasteiger partial charge in [-0.25, -0.2) is 4.98 Å². The Morgan fingerprint density at radius 2 is 1.68 bits per heavy atom. The summed E-state index contributed by atoms with van der Waals surface area (Å²) in [6, 6.07) is 12.9. The molecule has 0 spiro atoms. The number of benzene rings is 2. The number of aryl methyl sites for hydroxylation is 1. The lowest BCUT2D eigenvalue weighted by molar-refractivity contribution is -0.144. The number of nitrogens with one attached hydrogen (secondary N) is 4. The largest absolute Gasteiger partial charge is 0.391 e. The molecule has 2 aromatic carbocycles. The standard InChI is InChI=1S/C36H47N7O5S.ClH/c1-22(24-6-8-25(9-7-24)31-23(2)39-21-49-31)40-34(47)29-18-28(44)20-43(29)35(48)32(36(3,4)5)41-30(45)19-38-33(46)26-10-12-27(13-11-26)42-16-14-37-15-17-42;/h6-13,21-22,28-29,32,37,44H,14-20H2,1-5H3,(H,38,46)(H,40,47)(H,41,45);1H/t22-,28+,29-,32+;/m0./s1. The van der Waals surface area contributed by atoms with Crippen molar-refractivity contribution in [3.63, 3.8) is 0 Å². The molecule has 270 valence electrons. The maximum absolute atomic E-state index is 14.0. The van der Waals surface area contributed by atoms with Gasteiger partial charge >= 0.3 is 0 Å². The Hall–Kier alpha value is -4.04. The van der Waals surface area contributed by atoms with E-state index < -0.39 is 41.3 Å². The fourth-order valence-corrected chi connectivity index (χ4v) is 7.05. The third kappa shape index (κ3) is 9.39. The summed E-state index contributed by atoms with van der Waals surface area (Å²) < 4.78 is 0. The molecule has 0 aliphatic carbocycles. The van der Waals surface area contributed by atoms with Gasteiger partial charge in [0.1, 0.15) is 12.1 Å². The number of aliphatic hydroxyl groups is 1. The lowest BCUT2D eigenvalue weighted by atomic mass is 9.85. The molecular weight excluding hydrogens is 678 g/mol. The van der Waals surface area contributed by atoms with Crippen LogP contribution in [0.5, 0.6) is 0 Å². The summed E-state index contributed by atoms with van der Waals surface area (Å²) in [5.74, 6) is -1.79. The lowest BCUT2D eigenvalue weighted by Gasteiger charge is -2.35. The monoisotopic (exact) mass is 725 g/mol. The number of halogens is 1. The highest BCUT2D eigenvalue weighted by molar-refractivity contribution is 7.13. The van der Waals surface area contributed by atoms with E-state index in [9.17, 15) is 24.3 Å². The molecule has 4 amide bonds. The van der Waals surface area contributed by atoms with Crippen LogP contribution in [0.4, 0.5) is 5.69 Å². The molecule has 2 aliphatic rings. The fraction of sp³-hybridized carbons (Fsp3) is 0.472. The molecule has 0 bridgehead atoms. The highest BCUT2D eigenvalue weighted by atomic mass is 35.5. The molecule has 2 aliphatic heterocycles. The number of carbonyl (C=O) groups excluding carboxylic acids is 4. The maximum Gasteiger partial charge on any atom is 0.251 e. The number of piperazine rings is 1. The van der Waals surface area contributed by atoms with Crippen LogP contribution in [0.1, 0.15) is 61.8 Å². The van der Waals surface area contributed by atoms with E-state index in [1.54, 1.807) is 23.5 Å². The molecule has 5 N–H and O–H groups in total. The predicted octanol–water partition coefficient (Wildman–Crippen LogP) is 3.05. The zero-order valence-electron chi connectivity index (χ0n) is 29.2. The molecule has 0 saturated carbocycles. The number of amides is 4. The van der Waals surface area contributed by atoms with Gasteiger partial charge in [-0.3, -0.25) is 19.2 Å². The van der Waals surface area contributed by atoms with Crippen LogP contribution >= 0.6 is 23.7 Å². The van der Waals surface area contributed by atoms with E-state index in [-0.39, 0.29) is 43.9 Å². The van der Waals surface area contributed by atoms with Crippen LogP contribution in [0.25, 0.3) is 10.4 Å². The number of likely N-dealkylation sites (tertiary alicyclic amines) is 1. The average molecular weight is 726 g/mol. The van der Waals surface area contributed by atoms with E-state index in [4.69, 9.17) is 0 Å². The van der Waals surface area contributed by atoms with Gasteiger partial charge < -0.3 is 36.2 Å². The molecule has 0 radical (unpaired) electrons. The van der Waals surface area contributed by atoms with Gasteiger partial charge in [-0.2, -0.15) is 0 Å². The van der Waals surface area contributed by atoms with E-state index in [0.717, 1.165) is 53.6 Å². The highest BCUT2D eigenvalue weighted by Gasteiger charge is 2.44. The van der Waals surface area contributed by atoms with E-state index in [1.165, 1.54) is 4.90 Å². The van der Waals surface area contributed by atoms with Crippen molar-refractivity contribution in [3.8, 4) is 10.4 Å². The fourth-order valence-electron chi connectivity index (χ4n) is 6.24. The molecule has 2 saturated heterocycles. The first-order chi connectivity index (χ1) is 23.3. The van der Waals surface area contributed by atoms with Crippen molar-refractivity contribution in [2.45, 2.75) is 65.3 Å². The van der Waals surface area contributed by atoms with E-state index in [0.29, 0.717) is 5.56 Å². The summed E-state index contributed by atoms with van der Waals surface area (Å²) in [6.07, 6.45) is -0.798. The normalized spacial score (nSPS) is 18.8. The molecular formula is C36H48ClN7O5S. The lowest BCUT2D eigenvalue weighted by Crippen LogP contribution is -2.58. The van der Waals surface area contributed by atoms with Crippen LogP contribution in [0.15, 0.2) is 54.0 Å². The van der Waals surface area contributed by atoms with Crippen LogP contribution < -0.4 is 26.2 Å². The summed E-state index contributed by atoms with van der Waals surface area (Å²) in [6.45, 7) is 12.5. The first-order valence-electron chi connectivity index (χ1n) is 16.7. The topological polar surface area (TPSA) is 156 Å². The van der Waals surface area contributed by atoms with Crippen molar-refractivity contribution in [2.24, 2.45) is 5.41 Å². The van der Waals surface area contributed by atoms with E-state index in [1.807, 2.05) is 76.5 Å². The van der Waals surface area contributed by atoms with Crippen LogP contribution in [-0.4, -0.2) is 96.1 Å². The van der Waals surface area contributed by atoms with E-state index >= 15 is 0 Å². The van der Waals surface area contributed by atoms with E-state index in [2.05, 4.69) is 31.2 Å². The van der Waals surface area contributed by atoms with Crippen LogP contribution in [0, 0.1) is 12.3 Å². The van der Waals surface area contributed by atoms with Crippen molar-refractivity contribution in [1.82, 2.24) is 31.2 Å². The predicted molar refractivity (Wildman–Crippen MR) is 197 cm³/mol. The zero-order chi connectivity index (χ0) is 35.3. The molecule has 14 heteroatoms. The number of aliphatic hydroxyl groups excluding tert-OH is 1. The molecule has 0 unspecified atom stereocenters.